The fraction of sp³-hybridized carbons (Fsp3) is 0.238. The van der Waals surface area contributed by atoms with Crippen molar-refractivity contribution in [2.45, 2.75) is 19.8 Å². The third-order valence-electron chi connectivity index (χ3n) is 4.14. The molecule has 2 aromatic carbocycles. The van der Waals surface area contributed by atoms with Crippen LogP contribution in [0.5, 0.6) is 11.5 Å². The number of amides is 1. The van der Waals surface area contributed by atoms with Crippen LogP contribution in [-0.2, 0) is 6.42 Å². The second kappa shape index (κ2) is 8.84. The molecule has 0 saturated heterocycles. The number of hydrogen-bond acceptors (Lipinski definition) is 5. The standard InChI is InChI=1S/C21H21FN2O3S/c1-4-6-18-19(16-12-15(26-2)9-10-17(16)27-3)23-21(28-18)24-20(25)13-7-5-8-14(22)11-13/h5,7-12H,4,6H2,1-3H3,(H,23,24,25). The maximum atomic E-state index is 13.4. The molecule has 1 amide bonds. The van der Waals surface area contributed by atoms with Gasteiger partial charge in [-0.3, -0.25) is 10.1 Å². The Labute approximate surface area is 167 Å². The van der Waals surface area contributed by atoms with Crippen molar-refractivity contribution < 1.29 is 18.7 Å². The molecule has 146 valence electrons. The van der Waals surface area contributed by atoms with Gasteiger partial charge in [0.2, 0.25) is 0 Å². The summed E-state index contributed by atoms with van der Waals surface area (Å²) in [5.74, 6) is 0.503. The van der Waals surface area contributed by atoms with Gasteiger partial charge in [-0.05, 0) is 42.8 Å². The number of thiazole rings is 1. The second-order valence-electron chi connectivity index (χ2n) is 6.07. The highest BCUT2D eigenvalue weighted by Crippen LogP contribution is 2.39. The fourth-order valence-electron chi connectivity index (χ4n) is 2.81. The lowest BCUT2D eigenvalue weighted by molar-refractivity contribution is 0.102. The first-order chi connectivity index (χ1) is 13.5. The van der Waals surface area contributed by atoms with E-state index < -0.39 is 11.7 Å². The van der Waals surface area contributed by atoms with Gasteiger partial charge in [-0.1, -0.05) is 19.4 Å². The highest BCUT2D eigenvalue weighted by molar-refractivity contribution is 7.16. The van der Waals surface area contributed by atoms with Gasteiger partial charge in [0.15, 0.2) is 5.13 Å². The first kappa shape index (κ1) is 19.8. The van der Waals surface area contributed by atoms with E-state index in [0.29, 0.717) is 16.6 Å². The summed E-state index contributed by atoms with van der Waals surface area (Å²) in [6, 6.07) is 11.1. The molecule has 0 radical (unpaired) electrons. The molecule has 0 atom stereocenters. The summed E-state index contributed by atoms with van der Waals surface area (Å²) in [4.78, 5) is 18.1. The summed E-state index contributed by atoms with van der Waals surface area (Å²) in [7, 11) is 3.20. The van der Waals surface area contributed by atoms with E-state index in [1.165, 1.54) is 29.5 Å². The van der Waals surface area contributed by atoms with Crippen LogP contribution in [0.2, 0.25) is 0 Å². The molecule has 5 nitrogen and oxygen atoms in total. The number of nitrogens with one attached hydrogen (secondary N) is 1. The van der Waals surface area contributed by atoms with Gasteiger partial charge in [0.1, 0.15) is 17.3 Å². The first-order valence-corrected chi connectivity index (χ1v) is 9.66. The highest BCUT2D eigenvalue weighted by atomic mass is 32.1. The number of rotatable bonds is 7. The third-order valence-corrected chi connectivity index (χ3v) is 5.17. The zero-order chi connectivity index (χ0) is 20.1. The number of carbonyl (C=O) groups excluding carboxylic acids is 1. The Morgan fingerprint density at radius 1 is 1.18 bits per heavy atom. The summed E-state index contributed by atoms with van der Waals surface area (Å²) < 4.78 is 24.2. The Bertz CT molecular complexity index is 988. The highest BCUT2D eigenvalue weighted by Gasteiger charge is 2.19. The van der Waals surface area contributed by atoms with Gasteiger partial charge in [0.05, 0.1) is 19.9 Å². The topological polar surface area (TPSA) is 60.5 Å². The quantitative estimate of drug-likeness (QED) is 0.594. The van der Waals surface area contributed by atoms with E-state index in [-0.39, 0.29) is 5.56 Å². The molecule has 28 heavy (non-hydrogen) atoms. The summed E-state index contributed by atoms with van der Waals surface area (Å²) in [5.41, 5.74) is 1.79. The van der Waals surface area contributed by atoms with E-state index in [2.05, 4.69) is 17.2 Å². The van der Waals surface area contributed by atoms with Crippen molar-refractivity contribution in [2.75, 3.05) is 19.5 Å². The van der Waals surface area contributed by atoms with E-state index in [1.54, 1.807) is 20.3 Å². The number of ether oxygens (including phenoxy) is 2. The lowest BCUT2D eigenvalue weighted by atomic mass is 10.1. The van der Waals surface area contributed by atoms with Crippen LogP contribution in [0.4, 0.5) is 9.52 Å². The normalized spacial score (nSPS) is 10.6. The fourth-order valence-corrected chi connectivity index (χ4v) is 3.88. The number of benzene rings is 2. The molecule has 1 heterocycles. The van der Waals surface area contributed by atoms with Gasteiger partial charge < -0.3 is 9.47 Å². The molecule has 7 heteroatoms. The number of nitrogens with zero attached hydrogens (tertiary/aromatic N) is 1. The molecular formula is C21H21FN2O3S. The third kappa shape index (κ3) is 4.31. The Kier molecular flexibility index (Phi) is 6.26. The summed E-state index contributed by atoms with van der Waals surface area (Å²) in [5, 5.41) is 3.23. The van der Waals surface area contributed by atoms with Gasteiger partial charge in [-0.15, -0.1) is 11.3 Å². The molecule has 3 rings (SSSR count). The van der Waals surface area contributed by atoms with Crippen LogP contribution in [0.15, 0.2) is 42.5 Å². The average molecular weight is 400 g/mol. The molecule has 0 unspecified atom stereocenters. The van der Waals surface area contributed by atoms with Crippen LogP contribution in [-0.4, -0.2) is 25.1 Å². The minimum atomic E-state index is -0.458. The van der Waals surface area contributed by atoms with Crippen molar-refractivity contribution in [1.82, 2.24) is 4.98 Å². The molecule has 1 aromatic heterocycles. The lowest BCUT2D eigenvalue weighted by Gasteiger charge is -2.10. The number of methoxy groups -OCH3 is 2. The maximum absolute atomic E-state index is 13.4. The van der Waals surface area contributed by atoms with E-state index >= 15 is 0 Å². The lowest BCUT2D eigenvalue weighted by Crippen LogP contribution is -2.11. The van der Waals surface area contributed by atoms with Crippen LogP contribution in [0.1, 0.15) is 28.6 Å². The minimum absolute atomic E-state index is 0.243. The van der Waals surface area contributed by atoms with Crippen molar-refractivity contribution >= 4 is 22.4 Å². The summed E-state index contributed by atoms with van der Waals surface area (Å²) in [6.45, 7) is 2.08. The minimum Gasteiger partial charge on any atom is -0.497 e. The zero-order valence-corrected chi connectivity index (χ0v) is 16.7. The number of halogens is 1. The van der Waals surface area contributed by atoms with Gasteiger partial charge in [-0.25, -0.2) is 9.37 Å². The average Bonchev–Trinajstić information content (AvgIpc) is 3.09. The zero-order valence-electron chi connectivity index (χ0n) is 15.9. The Balaban J connectivity index is 1.97. The van der Waals surface area contributed by atoms with Crippen LogP contribution in [0.3, 0.4) is 0 Å². The van der Waals surface area contributed by atoms with Crippen molar-refractivity contribution in [3.8, 4) is 22.8 Å². The molecular weight excluding hydrogens is 379 g/mol. The molecule has 0 aliphatic rings. The SMILES string of the molecule is CCCc1sc(NC(=O)c2cccc(F)c2)nc1-c1cc(OC)ccc1OC. The Morgan fingerprint density at radius 3 is 2.68 bits per heavy atom. The smallest absolute Gasteiger partial charge is 0.257 e. The molecule has 3 aromatic rings. The van der Waals surface area contributed by atoms with E-state index in [1.807, 2.05) is 18.2 Å². The molecule has 0 aliphatic carbocycles. The van der Waals surface area contributed by atoms with Crippen molar-refractivity contribution in [3.63, 3.8) is 0 Å². The summed E-state index contributed by atoms with van der Waals surface area (Å²) >= 11 is 1.41. The van der Waals surface area contributed by atoms with Crippen LogP contribution < -0.4 is 14.8 Å². The molecule has 0 saturated carbocycles. The molecule has 0 spiro atoms. The Hall–Kier alpha value is -2.93. The second-order valence-corrected chi connectivity index (χ2v) is 7.16. The Morgan fingerprint density at radius 2 is 2.00 bits per heavy atom. The number of hydrogen-bond donors (Lipinski definition) is 1. The molecule has 0 aliphatic heterocycles. The van der Waals surface area contributed by atoms with Crippen LogP contribution in [0.25, 0.3) is 11.3 Å². The van der Waals surface area contributed by atoms with E-state index in [9.17, 15) is 9.18 Å². The molecule has 0 bridgehead atoms. The maximum Gasteiger partial charge on any atom is 0.257 e. The predicted octanol–water partition coefficient (Wildman–Crippen LogP) is 5.17. The first-order valence-electron chi connectivity index (χ1n) is 8.84. The summed E-state index contributed by atoms with van der Waals surface area (Å²) in [6.07, 6.45) is 1.74. The largest absolute Gasteiger partial charge is 0.497 e. The van der Waals surface area contributed by atoms with Crippen LogP contribution >= 0.6 is 11.3 Å². The van der Waals surface area contributed by atoms with Crippen molar-refractivity contribution in [1.29, 1.82) is 0 Å². The van der Waals surface area contributed by atoms with E-state index in [0.717, 1.165) is 29.0 Å². The van der Waals surface area contributed by atoms with Gasteiger partial charge in [0, 0.05) is 16.0 Å². The number of carbonyl (C=O) groups is 1. The van der Waals surface area contributed by atoms with E-state index in [4.69, 9.17) is 9.47 Å². The van der Waals surface area contributed by atoms with Gasteiger partial charge in [-0.2, -0.15) is 0 Å². The number of aromatic nitrogens is 1. The number of anilines is 1. The van der Waals surface area contributed by atoms with Crippen LogP contribution in [0, 0.1) is 5.82 Å². The van der Waals surface area contributed by atoms with Gasteiger partial charge in [0.25, 0.3) is 5.91 Å². The number of aryl methyl sites for hydroxylation is 1. The van der Waals surface area contributed by atoms with Crippen molar-refractivity contribution in [3.05, 3.63) is 58.7 Å². The molecule has 0 fully saturated rings. The monoisotopic (exact) mass is 400 g/mol. The molecule has 1 N–H and O–H groups in total. The van der Waals surface area contributed by atoms with Crippen molar-refractivity contribution in [2.24, 2.45) is 0 Å². The predicted molar refractivity (Wildman–Crippen MR) is 109 cm³/mol. The van der Waals surface area contributed by atoms with Gasteiger partial charge >= 0.3 is 0 Å².